The molecule has 0 saturated heterocycles. The van der Waals surface area contributed by atoms with Gasteiger partial charge in [-0.3, -0.25) is 0 Å². The minimum atomic E-state index is -4.53. The van der Waals surface area contributed by atoms with E-state index in [0.29, 0.717) is 12.1 Å². The number of carboxylic acid groups (broad SMARTS) is 4. The molecule has 4 N–H and O–H groups in total. The summed E-state index contributed by atoms with van der Waals surface area (Å²) in [6.07, 6.45) is 0. The summed E-state index contributed by atoms with van der Waals surface area (Å²) in [4.78, 5) is 42.9. The summed E-state index contributed by atoms with van der Waals surface area (Å²) in [6.45, 7) is 0. The van der Waals surface area contributed by atoms with Crippen molar-refractivity contribution >= 4 is 43.6 Å². The van der Waals surface area contributed by atoms with Gasteiger partial charge in [0, 0.05) is 0 Å². The molecule has 0 saturated carbocycles. The fraction of sp³-hybridized carbons (Fsp3) is 0. The first-order valence-electron chi connectivity index (χ1n) is 9.49. The van der Waals surface area contributed by atoms with E-state index < -0.39 is 85.4 Å². The zero-order valence-electron chi connectivity index (χ0n) is 17.6. The van der Waals surface area contributed by atoms with Crippen molar-refractivity contribution in [3.63, 3.8) is 0 Å². The Morgan fingerprint density at radius 3 is 1.06 bits per heavy atom. The quantitative estimate of drug-likeness (QED) is 0.327. The van der Waals surface area contributed by atoms with E-state index in [1.165, 1.54) is 0 Å². The summed E-state index contributed by atoms with van der Waals surface area (Å²) < 4.78 is 52.4. The average Bonchev–Trinajstić information content (AvgIpc) is 2.83. The molecule has 0 aliphatic rings. The molecule has 0 bridgehead atoms. The summed E-state index contributed by atoms with van der Waals surface area (Å²) in [6, 6.07) is 8.43. The van der Waals surface area contributed by atoms with Gasteiger partial charge in [-0.05, 0) is 54.6 Å². The van der Waals surface area contributed by atoms with Crippen LogP contribution in [0.4, 0.5) is 0 Å². The molecule has 14 heteroatoms. The van der Waals surface area contributed by atoms with Gasteiger partial charge in [0.25, 0.3) is 0 Å². The molecular weight excluding hydrogens is 520 g/mol. The molecule has 0 amide bonds. The van der Waals surface area contributed by atoms with Gasteiger partial charge >= 0.3 is 23.9 Å². The van der Waals surface area contributed by atoms with Gasteiger partial charge in [0.2, 0.25) is 19.7 Å². The first-order valence-corrected chi connectivity index (χ1v) is 12.5. The second kappa shape index (κ2) is 9.24. The third-order valence-electron chi connectivity index (χ3n) is 4.95. The fourth-order valence-corrected chi connectivity index (χ4v) is 5.93. The largest absolute Gasteiger partial charge is 0.478 e. The highest BCUT2D eigenvalue weighted by molar-refractivity contribution is 7.92. The Labute approximate surface area is 202 Å². The van der Waals surface area contributed by atoms with Gasteiger partial charge in [0.1, 0.15) is 0 Å². The molecule has 0 aliphatic carbocycles. The Kier molecular flexibility index (Phi) is 6.69. The van der Waals surface area contributed by atoms with Crippen LogP contribution in [0.15, 0.2) is 80.2 Å². The molecule has 0 aliphatic heterocycles. The smallest absolute Gasteiger partial charge is 0.336 e. The number of carboxylic acids is 4. The highest BCUT2D eigenvalue weighted by Gasteiger charge is 2.27. The maximum atomic E-state index is 13.1. The van der Waals surface area contributed by atoms with Crippen molar-refractivity contribution in [3.05, 3.63) is 82.9 Å². The van der Waals surface area contributed by atoms with Gasteiger partial charge in [-0.15, -0.1) is 0 Å². The van der Waals surface area contributed by atoms with E-state index in [-0.39, 0.29) is 0 Å². The van der Waals surface area contributed by atoms with Crippen molar-refractivity contribution in [2.75, 3.05) is 0 Å². The van der Waals surface area contributed by atoms with Gasteiger partial charge in [-0.25, -0.2) is 36.0 Å². The van der Waals surface area contributed by atoms with Crippen LogP contribution in [-0.2, 0) is 19.7 Å². The topological polar surface area (TPSA) is 217 Å². The molecule has 0 aromatic heterocycles. The highest BCUT2D eigenvalue weighted by Crippen LogP contribution is 2.29. The summed E-state index contributed by atoms with van der Waals surface area (Å²) in [5, 5.41) is 36.7. The Morgan fingerprint density at radius 1 is 0.444 bits per heavy atom. The lowest BCUT2D eigenvalue weighted by atomic mass is 10.1. The Balaban J connectivity index is 2.14. The molecule has 12 nitrogen and oxygen atoms in total. The predicted molar refractivity (Wildman–Crippen MR) is 118 cm³/mol. The van der Waals surface area contributed by atoms with Gasteiger partial charge in [-0.2, -0.15) is 0 Å². The van der Waals surface area contributed by atoms with E-state index in [1.54, 1.807) is 0 Å². The number of carbonyl (C=O) groups is 4. The summed E-state index contributed by atoms with van der Waals surface area (Å²) in [7, 11) is -9.07. The minimum Gasteiger partial charge on any atom is -0.478 e. The van der Waals surface area contributed by atoms with Crippen LogP contribution < -0.4 is 0 Å². The van der Waals surface area contributed by atoms with E-state index >= 15 is 0 Å². The molecule has 3 aromatic rings. The SMILES string of the molecule is O=C(O)c1ccc(S(=O)(=O)c2cccc(S(=O)(=O)c3ccc(C(=O)O)c(C(=O)O)c3)c2)cc1C(=O)O. The van der Waals surface area contributed by atoms with Crippen molar-refractivity contribution in [1.82, 2.24) is 0 Å². The number of benzene rings is 3. The Bertz CT molecular complexity index is 1550. The number of aromatic carboxylic acids is 4. The van der Waals surface area contributed by atoms with Crippen molar-refractivity contribution in [3.8, 4) is 0 Å². The lowest BCUT2D eigenvalue weighted by Gasteiger charge is -2.11. The number of rotatable bonds is 8. The molecule has 0 fully saturated rings. The highest BCUT2D eigenvalue weighted by atomic mass is 32.2. The molecule has 186 valence electrons. The van der Waals surface area contributed by atoms with Gasteiger partial charge in [0.15, 0.2) is 0 Å². The van der Waals surface area contributed by atoms with Crippen LogP contribution in [0.2, 0.25) is 0 Å². The molecule has 0 radical (unpaired) electrons. The predicted octanol–water partition coefficient (Wildman–Crippen LogP) is 2.15. The first-order chi connectivity index (χ1) is 16.7. The van der Waals surface area contributed by atoms with Crippen LogP contribution >= 0.6 is 0 Å². The minimum absolute atomic E-state index is 0.580. The summed E-state index contributed by atoms with van der Waals surface area (Å²) in [5.74, 6) is -6.59. The third kappa shape index (κ3) is 4.67. The summed E-state index contributed by atoms with van der Waals surface area (Å²) >= 11 is 0. The van der Waals surface area contributed by atoms with Crippen molar-refractivity contribution in [2.24, 2.45) is 0 Å². The molecule has 0 unspecified atom stereocenters. The van der Waals surface area contributed by atoms with Crippen LogP contribution in [0.1, 0.15) is 41.4 Å². The third-order valence-corrected chi connectivity index (χ3v) is 8.45. The van der Waals surface area contributed by atoms with E-state index in [9.17, 15) is 46.2 Å². The van der Waals surface area contributed by atoms with Gasteiger partial charge in [-0.1, -0.05) is 6.07 Å². The molecule has 3 rings (SSSR count). The second-order valence-electron chi connectivity index (χ2n) is 7.12. The van der Waals surface area contributed by atoms with Crippen molar-refractivity contribution in [1.29, 1.82) is 0 Å². The van der Waals surface area contributed by atoms with Gasteiger partial charge < -0.3 is 20.4 Å². The normalized spacial score (nSPS) is 11.6. The molecular formula is C22H14O12S2. The van der Waals surface area contributed by atoms with Gasteiger partial charge in [0.05, 0.1) is 41.8 Å². The van der Waals surface area contributed by atoms with E-state index in [1.807, 2.05) is 0 Å². The monoisotopic (exact) mass is 534 g/mol. The number of hydrogen-bond donors (Lipinski definition) is 4. The van der Waals surface area contributed by atoms with Crippen LogP contribution in [0.3, 0.4) is 0 Å². The Hall–Kier alpha value is -4.56. The zero-order chi connectivity index (χ0) is 27.0. The number of sulfone groups is 2. The molecule has 0 spiro atoms. The fourth-order valence-electron chi connectivity index (χ4n) is 3.19. The standard InChI is InChI=1S/C22H14O12S2/c23-19(24)15-6-4-13(9-17(15)21(27)28)35(31,32)11-2-1-3-12(8-11)36(33,34)14-5-7-16(20(25)26)18(10-14)22(29)30/h1-10H,(H,23,24)(H,25,26)(H,27,28)(H,29,30). The van der Waals surface area contributed by atoms with E-state index in [0.717, 1.165) is 48.5 Å². The maximum Gasteiger partial charge on any atom is 0.336 e. The van der Waals surface area contributed by atoms with Crippen LogP contribution in [0.25, 0.3) is 0 Å². The zero-order valence-corrected chi connectivity index (χ0v) is 19.3. The molecule has 0 heterocycles. The first kappa shape index (κ1) is 26.1. The molecule has 3 aromatic carbocycles. The lowest BCUT2D eigenvalue weighted by molar-refractivity contribution is 0.0651. The Morgan fingerprint density at radius 2 is 0.750 bits per heavy atom. The van der Waals surface area contributed by atoms with Crippen LogP contribution in [0.5, 0.6) is 0 Å². The second-order valence-corrected chi connectivity index (χ2v) is 11.0. The van der Waals surface area contributed by atoms with Crippen molar-refractivity contribution < 1.29 is 56.4 Å². The van der Waals surface area contributed by atoms with Crippen molar-refractivity contribution in [2.45, 2.75) is 19.6 Å². The number of hydrogen-bond acceptors (Lipinski definition) is 8. The lowest BCUT2D eigenvalue weighted by Crippen LogP contribution is -2.12. The van der Waals surface area contributed by atoms with Crippen LogP contribution in [-0.4, -0.2) is 61.1 Å². The van der Waals surface area contributed by atoms with E-state index in [4.69, 9.17) is 10.2 Å². The molecule has 0 atom stereocenters. The maximum absolute atomic E-state index is 13.1. The van der Waals surface area contributed by atoms with Crippen LogP contribution in [0, 0.1) is 0 Å². The summed E-state index contributed by atoms with van der Waals surface area (Å²) in [5.41, 5.74) is -2.91. The van der Waals surface area contributed by atoms with E-state index in [2.05, 4.69) is 0 Å². The molecule has 36 heavy (non-hydrogen) atoms. The average molecular weight is 534 g/mol.